The summed E-state index contributed by atoms with van der Waals surface area (Å²) in [6.07, 6.45) is 1.85. The van der Waals surface area contributed by atoms with Gasteiger partial charge in [-0.3, -0.25) is 4.79 Å². The van der Waals surface area contributed by atoms with Crippen LogP contribution in [0.2, 0.25) is 0 Å². The third-order valence-corrected chi connectivity index (χ3v) is 7.44. The molecule has 0 N–H and O–H groups in total. The highest BCUT2D eigenvalue weighted by atomic mass is 32.2. The summed E-state index contributed by atoms with van der Waals surface area (Å²) in [6, 6.07) is 1.98. The molecule has 0 amide bonds. The van der Waals surface area contributed by atoms with E-state index in [-0.39, 0.29) is 0 Å². The Morgan fingerprint density at radius 3 is 2.76 bits per heavy atom. The molecule has 0 radical (unpaired) electrons. The van der Waals surface area contributed by atoms with E-state index in [4.69, 9.17) is 4.74 Å². The molecule has 5 nitrogen and oxygen atoms in total. The van der Waals surface area contributed by atoms with Crippen molar-refractivity contribution in [3.63, 3.8) is 0 Å². The van der Waals surface area contributed by atoms with E-state index < -0.39 is 27.2 Å². The molecule has 1 fully saturated rings. The highest BCUT2D eigenvalue weighted by Crippen LogP contribution is 2.34. The van der Waals surface area contributed by atoms with E-state index >= 15 is 0 Å². The zero-order valence-corrected chi connectivity index (χ0v) is 14.2. The largest absolute Gasteiger partial charge is 0.469 e. The maximum Gasteiger partial charge on any atom is 0.310 e. The fourth-order valence-electron chi connectivity index (χ4n) is 2.79. The number of hydrogen-bond acceptors (Lipinski definition) is 5. The molecule has 1 heterocycles. The lowest BCUT2D eigenvalue weighted by Gasteiger charge is -2.24. The van der Waals surface area contributed by atoms with Gasteiger partial charge >= 0.3 is 5.97 Å². The van der Waals surface area contributed by atoms with Crippen LogP contribution in [0.3, 0.4) is 0 Å². The summed E-state index contributed by atoms with van der Waals surface area (Å²) in [5, 5.41) is 1.30. The molecule has 2 atom stereocenters. The van der Waals surface area contributed by atoms with Gasteiger partial charge in [-0.2, -0.15) is 4.31 Å². The standard InChI is InChI=1S/C14H21NO4S2/c1-10-7-8-20-12(10)9-15(2)21(17,18)13-6-4-5-11(13)14(16)19-3/h7-8,11,13H,4-6,9H2,1-3H3. The Bertz CT molecular complexity index is 608. The fraction of sp³-hybridized carbons (Fsp3) is 0.643. The molecule has 1 saturated carbocycles. The number of nitrogens with zero attached hydrogens (tertiary/aromatic N) is 1. The minimum atomic E-state index is -3.50. The quantitative estimate of drug-likeness (QED) is 0.776. The van der Waals surface area contributed by atoms with Gasteiger partial charge in [0.1, 0.15) is 0 Å². The average molecular weight is 331 g/mol. The van der Waals surface area contributed by atoms with Crippen molar-refractivity contribution in [2.24, 2.45) is 5.92 Å². The van der Waals surface area contributed by atoms with Gasteiger partial charge in [0.15, 0.2) is 0 Å². The Morgan fingerprint density at radius 1 is 1.48 bits per heavy atom. The first kappa shape index (κ1) is 16.5. The van der Waals surface area contributed by atoms with E-state index in [0.29, 0.717) is 19.4 Å². The van der Waals surface area contributed by atoms with Gasteiger partial charge in [0, 0.05) is 18.5 Å². The lowest BCUT2D eigenvalue weighted by Crippen LogP contribution is -2.40. The molecule has 1 aliphatic rings. The van der Waals surface area contributed by atoms with E-state index in [1.807, 2.05) is 18.4 Å². The van der Waals surface area contributed by atoms with Crippen molar-refractivity contribution in [3.8, 4) is 0 Å². The van der Waals surface area contributed by atoms with Gasteiger partial charge in [0.2, 0.25) is 10.0 Å². The highest BCUT2D eigenvalue weighted by Gasteiger charge is 2.43. The Hall–Kier alpha value is -0.920. The third-order valence-electron chi connectivity index (χ3n) is 4.11. The minimum absolute atomic E-state index is 0.357. The van der Waals surface area contributed by atoms with Crippen LogP contribution in [0.4, 0.5) is 0 Å². The van der Waals surface area contributed by atoms with E-state index in [1.165, 1.54) is 11.4 Å². The molecule has 2 rings (SSSR count). The molecule has 118 valence electrons. The Labute approximate surface area is 130 Å². The van der Waals surface area contributed by atoms with Gasteiger partial charge in [0.25, 0.3) is 0 Å². The van der Waals surface area contributed by atoms with Gasteiger partial charge in [-0.1, -0.05) is 6.42 Å². The molecule has 7 heteroatoms. The van der Waals surface area contributed by atoms with Crippen molar-refractivity contribution in [1.82, 2.24) is 4.31 Å². The number of carbonyl (C=O) groups excluding carboxylic acids is 1. The Balaban J connectivity index is 2.17. The zero-order valence-electron chi connectivity index (χ0n) is 12.5. The summed E-state index contributed by atoms with van der Waals surface area (Å²) in [7, 11) is -0.604. The van der Waals surface area contributed by atoms with Crippen LogP contribution in [0.1, 0.15) is 29.7 Å². The molecule has 0 aliphatic heterocycles. The third kappa shape index (κ3) is 3.30. The molecule has 0 aromatic carbocycles. The monoisotopic (exact) mass is 331 g/mol. The van der Waals surface area contributed by atoms with Gasteiger partial charge in [-0.15, -0.1) is 11.3 Å². The maximum absolute atomic E-state index is 12.7. The second-order valence-electron chi connectivity index (χ2n) is 5.43. The summed E-state index contributed by atoms with van der Waals surface area (Å²) in [5.74, 6) is -0.950. The van der Waals surface area contributed by atoms with Gasteiger partial charge in [-0.05, 0) is 36.8 Å². The fourth-order valence-corrected chi connectivity index (χ4v) is 5.73. The number of carbonyl (C=O) groups is 1. The smallest absolute Gasteiger partial charge is 0.310 e. The molecule has 0 bridgehead atoms. The van der Waals surface area contributed by atoms with Crippen molar-refractivity contribution in [2.45, 2.75) is 38.0 Å². The molecule has 2 unspecified atom stereocenters. The van der Waals surface area contributed by atoms with Crippen LogP contribution in [-0.4, -0.2) is 38.1 Å². The number of ether oxygens (including phenoxy) is 1. The molecular formula is C14H21NO4S2. The molecule has 1 aromatic rings. The molecule has 0 spiro atoms. The predicted molar refractivity (Wildman–Crippen MR) is 82.6 cm³/mol. The number of methoxy groups -OCH3 is 1. The normalized spacial score (nSPS) is 22.7. The lowest BCUT2D eigenvalue weighted by atomic mass is 10.1. The molecule has 1 aromatic heterocycles. The lowest BCUT2D eigenvalue weighted by molar-refractivity contribution is -0.145. The Kier molecular flexibility index (Phi) is 5.06. The molecule has 0 saturated heterocycles. The summed E-state index contributed by atoms with van der Waals surface area (Å²) < 4.78 is 31.6. The summed E-state index contributed by atoms with van der Waals surface area (Å²) in [5.41, 5.74) is 1.10. The van der Waals surface area contributed by atoms with E-state index in [2.05, 4.69) is 0 Å². The van der Waals surface area contributed by atoms with E-state index in [0.717, 1.165) is 16.9 Å². The summed E-state index contributed by atoms with van der Waals surface area (Å²) in [4.78, 5) is 12.8. The van der Waals surface area contributed by atoms with Crippen molar-refractivity contribution in [3.05, 3.63) is 21.9 Å². The zero-order chi connectivity index (χ0) is 15.6. The number of aryl methyl sites for hydroxylation is 1. The summed E-state index contributed by atoms with van der Waals surface area (Å²) >= 11 is 1.55. The van der Waals surface area contributed by atoms with Crippen molar-refractivity contribution < 1.29 is 17.9 Å². The second-order valence-corrected chi connectivity index (χ2v) is 8.69. The first-order valence-corrected chi connectivity index (χ1v) is 9.32. The van der Waals surface area contributed by atoms with Crippen LogP contribution in [-0.2, 0) is 26.1 Å². The van der Waals surface area contributed by atoms with Crippen LogP contribution in [0, 0.1) is 12.8 Å². The van der Waals surface area contributed by atoms with Crippen molar-refractivity contribution in [1.29, 1.82) is 0 Å². The number of sulfonamides is 1. The maximum atomic E-state index is 12.7. The van der Waals surface area contributed by atoms with E-state index in [9.17, 15) is 13.2 Å². The van der Waals surface area contributed by atoms with Crippen LogP contribution < -0.4 is 0 Å². The average Bonchev–Trinajstić information content (AvgIpc) is 3.08. The van der Waals surface area contributed by atoms with Gasteiger partial charge in [-0.25, -0.2) is 8.42 Å². The van der Waals surface area contributed by atoms with Crippen LogP contribution in [0.5, 0.6) is 0 Å². The first-order chi connectivity index (χ1) is 9.87. The molecule has 1 aliphatic carbocycles. The predicted octanol–water partition coefficient (Wildman–Crippen LogP) is 2.16. The van der Waals surface area contributed by atoms with Crippen molar-refractivity contribution >= 4 is 27.3 Å². The van der Waals surface area contributed by atoms with Gasteiger partial charge in [0.05, 0.1) is 18.3 Å². The number of thiophene rings is 1. The molecule has 21 heavy (non-hydrogen) atoms. The minimum Gasteiger partial charge on any atom is -0.469 e. The van der Waals surface area contributed by atoms with Crippen molar-refractivity contribution in [2.75, 3.05) is 14.2 Å². The van der Waals surface area contributed by atoms with Crippen LogP contribution in [0.25, 0.3) is 0 Å². The number of hydrogen-bond donors (Lipinski definition) is 0. The van der Waals surface area contributed by atoms with Crippen LogP contribution >= 0.6 is 11.3 Å². The molecular weight excluding hydrogens is 310 g/mol. The second kappa shape index (κ2) is 6.46. The van der Waals surface area contributed by atoms with Gasteiger partial charge < -0.3 is 4.74 Å². The first-order valence-electron chi connectivity index (χ1n) is 6.94. The number of esters is 1. The topological polar surface area (TPSA) is 63.7 Å². The van der Waals surface area contributed by atoms with E-state index in [1.54, 1.807) is 18.4 Å². The highest BCUT2D eigenvalue weighted by molar-refractivity contribution is 7.89. The van der Waals surface area contributed by atoms with Crippen LogP contribution in [0.15, 0.2) is 11.4 Å². The summed E-state index contributed by atoms with van der Waals surface area (Å²) in [6.45, 7) is 2.33. The Morgan fingerprint density at radius 2 is 2.19 bits per heavy atom. The number of rotatable bonds is 5. The SMILES string of the molecule is COC(=O)C1CCCC1S(=O)(=O)N(C)Cc1sccc1C.